The van der Waals surface area contributed by atoms with Gasteiger partial charge in [-0.05, 0) is 63.3 Å². The number of rotatable bonds is 5. The second kappa shape index (κ2) is 12.8. The minimum absolute atomic E-state index is 0.0359. The molecule has 2 aromatic rings. The van der Waals surface area contributed by atoms with Crippen molar-refractivity contribution in [2.45, 2.75) is 64.1 Å². The SMILES string of the molecule is C=CC1CC2CCCC2N1C.CC(=O)c1nn(CC=O)c2c1CCC=C2.CNc1cccc(Cl)n1. The van der Waals surface area contributed by atoms with Crippen LogP contribution < -0.4 is 5.32 Å². The third kappa shape index (κ3) is 6.67. The van der Waals surface area contributed by atoms with E-state index < -0.39 is 0 Å². The predicted octanol–water partition coefficient (Wildman–Crippen LogP) is 5.07. The molecule has 3 aliphatic rings. The van der Waals surface area contributed by atoms with Crippen molar-refractivity contribution in [1.29, 1.82) is 0 Å². The summed E-state index contributed by atoms with van der Waals surface area (Å²) in [7, 11) is 4.06. The number of halogens is 1. The minimum Gasteiger partial charge on any atom is -0.373 e. The van der Waals surface area contributed by atoms with Crippen LogP contribution in [-0.4, -0.2) is 57.9 Å². The first kappa shape index (κ1) is 26.8. The molecule has 5 rings (SSSR count). The molecule has 2 fully saturated rings. The van der Waals surface area contributed by atoms with Gasteiger partial charge in [-0.2, -0.15) is 5.10 Å². The molecule has 0 aromatic carbocycles. The molecule has 0 spiro atoms. The van der Waals surface area contributed by atoms with E-state index in [9.17, 15) is 9.59 Å². The predicted molar refractivity (Wildman–Crippen MR) is 142 cm³/mol. The summed E-state index contributed by atoms with van der Waals surface area (Å²) in [6.07, 6.45) is 14.3. The Morgan fingerprint density at radius 3 is 2.74 bits per heavy atom. The number of aromatic nitrogens is 3. The van der Waals surface area contributed by atoms with E-state index in [0.717, 1.165) is 48.2 Å². The fourth-order valence-corrected chi connectivity index (χ4v) is 5.38. The Balaban J connectivity index is 0.000000152. The summed E-state index contributed by atoms with van der Waals surface area (Å²) < 4.78 is 1.59. The van der Waals surface area contributed by atoms with E-state index in [1.165, 1.54) is 32.6 Å². The molecule has 188 valence electrons. The number of fused-ring (bicyclic) bond motifs is 2. The third-order valence-electron chi connectivity index (χ3n) is 6.96. The first-order valence-electron chi connectivity index (χ1n) is 12.2. The van der Waals surface area contributed by atoms with Crippen molar-refractivity contribution in [3.63, 3.8) is 0 Å². The summed E-state index contributed by atoms with van der Waals surface area (Å²) in [6.45, 7) is 5.59. The molecule has 8 heteroatoms. The highest BCUT2D eigenvalue weighted by molar-refractivity contribution is 6.29. The number of likely N-dealkylation sites (N-methyl/N-ethyl adjacent to an activating group) is 1. The van der Waals surface area contributed by atoms with Crippen LogP contribution in [0.25, 0.3) is 6.08 Å². The van der Waals surface area contributed by atoms with Gasteiger partial charge in [0.1, 0.15) is 23.0 Å². The van der Waals surface area contributed by atoms with Gasteiger partial charge >= 0.3 is 0 Å². The topological polar surface area (TPSA) is 80.1 Å². The lowest BCUT2D eigenvalue weighted by Crippen LogP contribution is -2.30. The summed E-state index contributed by atoms with van der Waals surface area (Å²) in [4.78, 5) is 28.3. The highest BCUT2D eigenvalue weighted by Gasteiger charge is 2.39. The quantitative estimate of drug-likeness (QED) is 0.269. The Labute approximate surface area is 213 Å². The van der Waals surface area contributed by atoms with E-state index >= 15 is 0 Å². The molecule has 2 aromatic heterocycles. The number of Topliss-reactive ketones (excluding diaryl/α,β-unsaturated/α-hetero) is 1. The summed E-state index contributed by atoms with van der Waals surface area (Å²) >= 11 is 5.57. The molecule has 0 radical (unpaired) electrons. The molecule has 0 amide bonds. The zero-order valence-corrected chi connectivity index (χ0v) is 21.7. The number of nitrogens with zero attached hydrogens (tertiary/aromatic N) is 4. The van der Waals surface area contributed by atoms with Crippen LogP contribution in [0, 0.1) is 5.92 Å². The molecular formula is C27H36ClN5O2. The molecule has 35 heavy (non-hydrogen) atoms. The van der Waals surface area contributed by atoms with Gasteiger partial charge in [0.25, 0.3) is 0 Å². The van der Waals surface area contributed by atoms with Crippen molar-refractivity contribution in [1.82, 2.24) is 19.7 Å². The Bertz CT molecular complexity index is 1060. The maximum Gasteiger partial charge on any atom is 0.180 e. The van der Waals surface area contributed by atoms with Crippen molar-refractivity contribution < 1.29 is 9.59 Å². The Morgan fingerprint density at radius 2 is 2.14 bits per heavy atom. The maximum absolute atomic E-state index is 11.3. The van der Waals surface area contributed by atoms with Crippen LogP contribution >= 0.6 is 11.6 Å². The first-order valence-corrected chi connectivity index (χ1v) is 12.6. The largest absolute Gasteiger partial charge is 0.373 e. The van der Waals surface area contributed by atoms with Gasteiger partial charge < -0.3 is 10.1 Å². The normalized spacial score (nSPS) is 22.1. The van der Waals surface area contributed by atoms with Gasteiger partial charge in [0, 0.05) is 31.6 Å². The van der Waals surface area contributed by atoms with E-state index in [1.54, 1.807) is 17.8 Å². The number of anilines is 1. The number of hydrogen-bond donors (Lipinski definition) is 1. The number of allylic oxidation sites excluding steroid dienone is 1. The Morgan fingerprint density at radius 1 is 1.34 bits per heavy atom. The van der Waals surface area contributed by atoms with Crippen LogP contribution in [-0.2, 0) is 17.8 Å². The first-order chi connectivity index (χ1) is 16.9. The smallest absolute Gasteiger partial charge is 0.180 e. The van der Waals surface area contributed by atoms with Crippen LogP contribution in [0.2, 0.25) is 5.15 Å². The highest BCUT2D eigenvalue weighted by atomic mass is 35.5. The van der Waals surface area contributed by atoms with E-state index in [2.05, 4.69) is 40.0 Å². The number of nitrogens with one attached hydrogen (secondary N) is 1. The van der Waals surface area contributed by atoms with E-state index in [0.29, 0.717) is 16.9 Å². The van der Waals surface area contributed by atoms with Crippen molar-refractivity contribution in [2.75, 3.05) is 19.4 Å². The van der Waals surface area contributed by atoms with Crippen LogP contribution in [0.15, 0.2) is 36.9 Å². The average molecular weight is 498 g/mol. The van der Waals surface area contributed by atoms with Crippen molar-refractivity contribution in [3.05, 3.63) is 59.0 Å². The maximum atomic E-state index is 11.3. The van der Waals surface area contributed by atoms with Gasteiger partial charge in [0.15, 0.2) is 5.78 Å². The fraction of sp³-hybridized carbons (Fsp3) is 0.481. The molecule has 3 atom stereocenters. The molecule has 1 saturated heterocycles. The molecular weight excluding hydrogens is 462 g/mol. The van der Waals surface area contributed by atoms with Crippen LogP contribution in [0.3, 0.4) is 0 Å². The monoisotopic (exact) mass is 497 g/mol. The van der Waals surface area contributed by atoms with Gasteiger partial charge in [-0.3, -0.25) is 14.4 Å². The zero-order chi connectivity index (χ0) is 25.4. The fourth-order valence-electron chi connectivity index (χ4n) is 5.22. The summed E-state index contributed by atoms with van der Waals surface area (Å²) in [6, 6.07) is 7.00. The number of carbonyl (C=O) groups excluding carboxylic acids is 2. The number of pyridine rings is 1. The van der Waals surface area contributed by atoms with Gasteiger partial charge in [0.2, 0.25) is 0 Å². The Hall–Kier alpha value is -2.77. The van der Waals surface area contributed by atoms with Gasteiger partial charge in [-0.1, -0.05) is 36.2 Å². The minimum atomic E-state index is -0.0359. The van der Waals surface area contributed by atoms with E-state index in [1.807, 2.05) is 24.3 Å². The lowest BCUT2D eigenvalue weighted by atomic mass is 10.0. The van der Waals surface area contributed by atoms with Crippen molar-refractivity contribution in [2.24, 2.45) is 5.92 Å². The van der Waals surface area contributed by atoms with Crippen LogP contribution in [0.4, 0.5) is 5.82 Å². The van der Waals surface area contributed by atoms with E-state index in [-0.39, 0.29) is 12.3 Å². The third-order valence-corrected chi connectivity index (χ3v) is 7.17. The second-order valence-electron chi connectivity index (χ2n) is 9.12. The lowest BCUT2D eigenvalue weighted by Gasteiger charge is -2.21. The molecule has 0 bridgehead atoms. The van der Waals surface area contributed by atoms with Gasteiger partial charge in [-0.25, -0.2) is 4.98 Å². The standard InChI is InChI=1S/C11H12N2O2.C10H17N.C6H7ClN2/c1-8(15)11-9-4-2-3-5-10(9)13(12-11)6-7-14;1-3-9-7-8-5-4-6-10(8)11(9)2;1-8-6-4-2-3-5(7)9-6/h3,5,7H,2,4,6H2,1H3;3,8-10H,1,4-7H2,2H3;2-4H,1H3,(H,8,9). The number of aldehydes is 1. The van der Waals surface area contributed by atoms with Gasteiger partial charge in [0.05, 0.1) is 12.2 Å². The lowest BCUT2D eigenvalue weighted by molar-refractivity contribution is -0.108. The molecule has 1 N–H and O–H groups in total. The van der Waals surface area contributed by atoms with Crippen molar-refractivity contribution in [3.8, 4) is 0 Å². The number of hydrogen-bond acceptors (Lipinski definition) is 6. The number of ketones is 1. The second-order valence-corrected chi connectivity index (χ2v) is 9.50. The summed E-state index contributed by atoms with van der Waals surface area (Å²) in [5, 5.41) is 7.55. The van der Waals surface area contributed by atoms with Crippen LogP contribution in [0.5, 0.6) is 0 Å². The molecule has 1 aliphatic heterocycles. The number of likely N-dealkylation sites (tertiary alicyclic amines) is 1. The zero-order valence-electron chi connectivity index (χ0n) is 20.9. The molecule has 3 heterocycles. The molecule has 7 nitrogen and oxygen atoms in total. The van der Waals surface area contributed by atoms with E-state index in [4.69, 9.17) is 11.6 Å². The highest BCUT2D eigenvalue weighted by Crippen LogP contribution is 2.40. The summed E-state index contributed by atoms with van der Waals surface area (Å²) in [5.41, 5.74) is 2.39. The molecule has 3 unspecified atom stereocenters. The average Bonchev–Trinajstić information content (AvgIpc) is 3.55. The van der Waals surface area contributed by atoms with Crippen molar-refractivity contribution >= 4 is 35.6 Å². The summed E-state index contributed by atoms with van der Waals surface area (Å²) in [5.74, 6) is 1.75. The number of carbonyl (C=O) groups is 2. The Kier molecular flexibility index (Phi) is 9.81. The molecule has 1 saturated carbocycles. The van der Waals surface area contributed by atoms with Gasteiger partial charge in [-0.15, -0.1) is 6.58 Å². The molecule has 2 aliphatic carbocycles. The van der Waals surface area contributed by atoms with Crippen LogP contribution in [0.1, 0.15) is 60.8 Å².